The van der Waals surface area contributed by atoms with Gasteiger partial charge in [-0.2, -0.15) is 0 Å². The molecule has 2 aromatic carbocycles. The summed E-state index contributed by atoms with van der Waals surface area (Å²) < 4.78 is 2.31. The maximum absolute atomic E-state index is 12.5. The van der Waals surface area contributed by atoms with Gasteiger partial charge in [0.1, 0.15) is 5.82 Å². The highest BCUT2D eigenvalue weighted by molar-refractivity contribution is 6.04. The van der Waals surface area contributed by atoms with Crippen LogP contribution in [-0.2, 0) is 19.4 Å². The number of aryl methyl sites for hydroxylation is 3. The third-order valence-electron chi connectivity index (χ3n) is 4.99. The number of para-hydroxylation sites is 3. The number of carbonyl (C=O) groups excluding carboxylic acids is 1. The van der Waals surface area contributed by atoms with Gasteiger partial charge >= 0.3 is 0 Å². The summed E-state index contributed by atoms with van der Waals surface area (Å²) in [7, 11) is 0. The van der Waals surface area contributed by atoms with Gasteiger partial charge < -0.3 is 9.88 Å². The number of imidazole rings is 1. The number of pyridine rings is 1. The highest BCUT2D eigenvalue weighted by Gasteiger charge is 2.12. The van der Waals surface area contributed by atoms with Crippen molar-refractivity contribution in [1.82, 2.24) is 14.5 Å². The summed E-state index contributed by atoms with van der Waals surface area (Å²) >= 11 is 0. The monoisotopic (exact) mass is 384 g/mol. The molecule has 0 saturated carbocycles. The molecule has 4 rings (SSSR count). The van der Waals surface area contributed by atoms with Gasteiger partial charge in [0.05, 0.1) is 16.6 Å². The summed E-state index contributed by atoms with van der Waals surface area (Å²) in [5.41, 5.74) is 4.70. The van der Waals surface area contributed by atoms with Crippen LogP contribution in [0.4, 0.5) is 5.69 Å². The van der Waals surface area contributed by atoms with Crippen LogP contribution in [0.25, 0.3) is 11.0 Å². The van der Waals surface area contributed by atoms with Crippen LogP contribution in [0, 0.1) is 0 Å². The quantitative estimate of drug-likeness (QED) is 0.494. The standard InChI is InChI=1S/C24H24N4O/c1-2-16-28-22-12-6-5-11-21(22)26-23(28)14-13-18-8-3-4-10-20(18)27-24(29)19-9-7-15-25-17-19/h3-12,15,17H,2,13-14,16H2,1H3,(H,27,29). The van der Waals surface area contributed by atoms with Crippen molar-refractivity contribution in [2.75, 3.05) is 5.32 Å². The Kier molecular flexibility index (Phi) is 5.66. The lowest BCUT2D eigenvalue weighted by Gasteiger charge is -2.12. The SMILES string of the molecule is CCCn1c(CCc2ccccc2NC(=O)c2cccnc2)nc2ccccc21. The first-order valence-corrected chi connectivity index (χ1v) is 9.99. The van der Waals surface area contributed by atoms with Crippen LogP contribution in [0.1, 0.15) is 35.1 Å². The number of aromatic nitrogens is 3. The molecule has 1 amide bonds. The first kappa shape index (κ1) is 18.9. The van der Waals surface area contributed by atoms with E-state index in [-0.39, 0.29) is 5.91 Å². The molecule has 0 aliphatic carbocycles. The van der Waals surface area contributed by atoms with E-state index in [9.17, 15) is 4.79 Å². The van der Waals surface area contributed by atoms with Crippen LogP contribution in [-0.4, -0.2) is 20.4 Å². The molecule has 2 heterocycles. The molecule has 146 valence electrons. The minimum absolute atomic E-state index is 0.149. The van der Waals surface area contributed by atoms with Crippen molar-refractivity contribution in [3.63, 3.8) is 0 Å². The van der Waals surface area contributed by atoms with Gasteiger partial charge in [0.15, 0.2) is 0 Å². The van der Waals surface area contributed by atoms with E-state index in [1.165, 1.54) is 5.52 Å². The number of carbonyl (C=O) groups is 1. The average molecular weight is 384 g/mol. The molecule has 0 aliphatic heterocycles. The van der Waals surface area contributed by atoms with E-state index in [1.54, 1.807) is 24.5 Å². The second-order valence-electron chi connectivity index (χ2n) is 7.02. The first-order chi connectivity index (χ1) is 14.3. The van der Waals surface area contributed by atoms with Crippen molar-refractivity contribution < 1.29 is 4.79 Å². The number of hydrogen-bond donors (Lipinski definition) is 1. The zero-order chi connectivity index (χ0) is 20.1. The summed E-state index contributed by atoms with van der Waals surface area (Å²) in [6.07, 6.45) is 5.91. The normalized spacial score (nSPS) is 10.9. The molecular formula is C24H24N4O. The molecule has 0 spiro atoms. The van der Waals surface area contributed by atoms with E-state index in [2.05, 4.69) is 46.1 Å². The molecule has 2 aromatic heterocycles. The molecular weight excluding hydrogens is 360 g/mol. The van der Waals surface area contributed by atoms with Gasteiger partial charge in [0.25, 0.3) is 5.91 Å². The van der Waals surface area contributed by atoms with Crippen molar-refractivity contribution in [3.05, 3.63) is 90.0 Å². The number of benzene rings is 2. The number of fused-ring (bicyclic) bond motifs is 1. The summed E-state index contributed by atoms with van der Waals surface area (Å²) in [5.74, 6) is 0.935. The van der Waals surface area contributed by atoms with Crippen molar-refractivity contribution in [2.45, 2.75) is 32.7 Å². The molecule has 0 saturated heterocycles. The topological polar surface area (TPSA) is 59.8 Å². The molecule has 5 heteroatoms. The van der Waals surface area contributed by atoms with Crippen LogP contribution in [0.2, 0.25) is 0 Å². The highest BCUT2D eigenvalue weighted by atomic mass is 16.1. The smallest absolute Gasteiger partial charge is 0.257 e. The van der Waals surface area contributed by atoms with E-state index in [0.29, 0.717) is 5.56 Å². The molecule has 5 nitrogen and oxygen atoms in total. The number of rotatable bonds is 7. The molecule has 0 unspecified atom stereocenters. The van der Waals surface area contributed by atoms with Gasteiger partial charge in [0.2, 0.25) is 0 Å². The summed E-state index contributed by atoms with van der Waals surface area (Å²) in [4.78, 5) is 21.4. The molecule has 0 fully saturated rings. The third-order valence-corrected chi connectivity index (χ3v) is 4.99. The lowest BCUT2D eigenvalue weighted by molar-refractivity contribution is 0.102. The Morgan fingerprint density at radius 1 is 1.00 bits per heavy atom. The second-order valence-corrected chi connectivity index (χ2v) is 7.02. The van der Waals surface area contributed by atoms with Crippen LogP contribution >= 0.6 is 0 Å². The average Bonchev–Trinajstić information content (AvgIpc) is 3.11. The van der Waals surface area contributed by atoms with Gasteiger partial charge in [-0.25, -0.2) is 4.98 Å². The Morgan fingerprint density at radius 2 is 1.83 bits per heavy atom. The number of anilines is 1. The van der Waals surface area contributed by atoms with E-state index in [1.807, 2.05) is 24.3 Å². The molecule has 4 aromatic rings. The van der Waals surface area contributed by atoms with E-state index in [4.69, 9.17) is 4.98 Å². The Labute approximate surface area is 170 Å². The highest BCUT2D eigenvalue weighted by Crippen LogP contribution is 2.21. The largest absolute Gasteiger partial charge is 0.328 e. The predicted molar refractivity (Wildman–Crippen MR) is 116 cm³/mol. The molecule has 0 bridgehead atoms. The molecule has 0 atom stereocenters. The number of nitrogens with one attached hydrogen (secondary N) is 1. The summed E-state index contributed by atoms with van der Waals surface area (Å²) in [5, 5.41) is 3.02. The zero-order valence-electron chi connectivity index (χ0n) is 16.5. The minimum Gasteiger partial charge on any atom is -0.328 e. The van der Waals surface area contributed by atoms with Gasteiger partial charge in [-0.3, -0.25) is 9.78 Å². The fourth-order valence-corrected chi connectivity index (χ4v) is 3.59. The van der Waals surface area contributed by atoms with E-state index in [0.717, 1.165) is 48.4 Å². The van der Waals surface area contributed by atoms with Gasteiger partial charge in [-0.15, -0.1) is 0 Å². The summed E-state index contributed by atoms with van der Waals surface area (Å²) in [6.45, 7) is 3.14. The number of amides is 1. The lowest BCUT2D eigenvalue weighted by atomic mass is 10.1. The lowest BCUT2D eigenvalue weighted by Crippen LogP contribution is -2.14. The maximum atomic E-state index is 12.5. The van der Waals surface area contributed by atoms with Crippen LogP contribution < -0.4 is 5.32 Å². The minimum atomic E-state index is -0.149. The Balaban J connectivity index is 1.55. The fourth-order valence-electron chi connectivity index (χ4n) is 3.59. The number of hydrogen-bond acceptors (Lipinski definition) is 3. The Hall–Kier alpha value is -3.47. The van der Waals surface area contributed by atoms with Crippen molar-refractivity contribution in [1.29, 1.82) is 0 Å². The summed E-state index contributed by atoms with van der Waals surface area (Å²) in [6, 6.07) is 19.7. The fraction of sp³-hybridized carbons (Fsp3) is 0.208. The predicted octanol–water partition coefficient (Wildman–Crippen LogP) is 4.88. The molecule has 29 heavy (non-hydrogen) atoms. The van der Waals surface area contributed by atoms with Gasteiger partial charge in [-0.1, -0.05) is 37.3 Å². The third kappa shape index (κ3) is 4.19. The van der Waals surface area contributed by atoms with Crippen molar-refractivity contribution in [2.24, 2.45) is 0 Å². The van der Waals surface area contributed by atoms with Crippen molar-refractivity contribution in [3.8, 4) is 0 Å². The van der Waals surface area contributed by atoms with E-state index < -0.39 is 0 Å². The first-order valence-electron chi connectivity index (χ1n) is 9.99. The van der Waals surface area contributed by atoms with Gasteiger partial charge in [-0.05, 0) is 48.7 Å². The molecule has 1 N–H and O–H groups in total. The van der Waals surface area contributed by atoms with Crippen LogP contribution in [0.15, 0.2) is 73.1 Å². The van der Waals surface area contributed by atoms with Gasteiger partial charge in [0, 0.05) is 31.0 Å². The van der Waals surface area contributed by atoms with Crippen LogP contribution in [0.5, 0.6) is 0 Å². The molecule has 0 radical (unpaired) electrons. The maximum Gasteiger partial charge on any atom is 0.257 e. The van der Waals surface area contributed by atoms with Crippen molar-refractivity contribution >= 4 is 22.6 Å². The number of nitrogens with zero attached hydrogens (tertiary/aromatic N) is 3. The Morgan fingerprint density at radius 3 is 2.66 bits per heavy atom. The van der Waals surface area contributed by atoms with Crippen LogP contribution in [0.3, 0.4) is 0 Å². The van der Waals surface area contributed by atoms with E-state index >= 15 is 0 Å². The second kappa shape index (κ2) is 8.69. The Bertz CT molecular complexity index is 1120. The molecule has 0 aliphatic rings. The zero-order valence-corrected chi connectivity index (χ0v) is 16.5.